The van der Waals surface area contributed by atoms with E-state index in [0.29, 0.717) is 12.2 Å². The summed E-state index contributed by atoms with van der Waals surface area (Å²) in [5, 5.41) is 0. The van der Waals surface area contributed by atoms with E-state index in [1.54, 1.807) is 37.4 Å². The summed E-state index contributed by atoms with van der Waals surface area (Å²) in [6, 6.07) is 14.0. The topological polar surface area (TPSA) is 63.4 Å². The van der Waals surface area contributed by atoms with Crippen molar-refractivity contribution in [1.29, 1.82) is 0 Å². The van der Waals surface area contributed by atoms with Crippen molar-refractivity contribution < 1.29 is 8.42 Å². The fourth-order valence-electron chi connectivity index (χ4n) is 2.00. The van der Waals surface area contributed by atoms with Gasteiger partial charge in [0.1, 0.15) is 0 Å². The van der Waals surface area contributed by atoms with Crippen LogP contribution >= 0.6 is 0 Å². The van der Waals surface area contributed by atoms with Gasteiger partial charge in [-0.05, 0) is 36.2 Å². The van der Waals surface area contributed by atoms with E-state index in [-0.39, 0.29) is 4.90 Å². The Hall–Kier alpha value is -1.85. The lowest BCUT2D eigenvalue weighted by molar-refractivity contribution is 0.594. The maximum absolute atomic E-state index is 12.6. The lowest BCUT2D eigenvalue weighted by atomic mass is 10.2. The highest BCUT2D eigenvalue weighted by Crippen LogP contribution is 2.25. The van der Waals surface area contributed by atoms with Crippen molar-refractivity contribution in [3.05, 3.63) is 59.7 Å². The monoisotopic (exact) mass is 290 g/mol. The normalized spacial score (nSPS) is 11.3. The van der Waals surface area contributed by atoms with Crippen molar-refractivity contribution in [2.75, 3.05) is 11.4 Å². The largest absolute Gasteiger partial charge is 0.326 e. The Morgan fingerprint density at radius 1 is 1.05 bits per heavy atom. The van der Waals surface area contributed by atoms with Gasteiger partial charge in [0.2, 0.25) is 0 Å². The Bertz CT molecular complexity index is 694. The molecule has 0 heterocycles. The lowest BCUT2D eigenvalue weighted by Gasteiger charge is -2.21. The molecule has 0 aromatic heterocycles. The van der Waals surface area contributed by atoms with Crippen LogP contribution < -0.4 is 10.0 Å². The molecule has 4 nitrogen and oxygen atoms in total. The number of nitrogens with two attached hydrogens (primary N) is 1. The minimum atomic E-state index is -3.55. The van der Waals surface area contributed by atoms with Crippen molar-refractivity contribution in [1.82, 2.24) is 0 Å². The Morgan fingerprint density at radius 3 is 2.20 bits per heavy atom. The summed E-state index contributed by atoms with van der Waals surface area (Å²) >= 11 is 0. The van der Waals surface area contributed by atoms with Crippen LogP contribution in [0, 0.1) is 6.92 Å². The Balaban J connectivity index is 2.41. The third-order valence-electron chi connectivity index (χ3n) is 3.27. The van der Waals surface area contributed by atoms with E-state index in [9.17, 15) is 8.42 Å². The molecule has 5 heteroatoms. The van der Waals surface area contributed by atoms with Gasteiger partial charge in [-0.3, -0.25) is 4.31 Å². The zero-order valence-electron chi connectivity index (χ0n) is 11.6. The highest BCUT2D eigenvalue weighted by Gasteiger charge is 2.21. The molecule has 0 fully saturated rings. The molecule has 106 valence electrons. The standard InChI is InChI=1S/C15H18N2O2S/c1-12-5-3-4-6-15(12)17(2)20(18,19)14-9-7-13(11-16)8-10-14/h3-10H,11,16H2,1-2H3. The zero-order valence-corrected chi connectivity index (χ0v) is 12.4. The molecule has 0 aliphatic carbocycles. The predicted molar refractivity (Wildman–Crippen MR) is 81.1 cm³/mol. The molecule has 0 spiro atoms. The number of rotatable bonds is 4. The van der Waals surface area contributed by atoms with Crippen LogP contribution in [0.1, 0.15) is 11.1 Å². The number of hydrogen-bond donors (Lipinski definition) is 1. The van der Waals surface area contributed by atoms with Gasteiger partial charge >= 0.3 is 0 Å². The first-order chi connectivity index (χ1) is 9.46. The average molecular weight is 290 g/mol. The van der Waals surface area contributed by atoms with Crippen LogP contribution in [-0.2, 0) is 16.6 Å². The summed E-state index contributed by atoms with van der Waals surface area (Å²) < 4.78 is 26.5. The molecule has 2 rings (SSSR count). The van der Waals surface area contributed by atoms with E-state index in [4.69, 9.17) is 5.73 Å². The molecule has 0 radical (unpaired) electrons. The summed E-state index contributed by atoms with van der Waals surface area (Å²) in [6.07, 6.45) is 0. The number of anilines is 1. The van der Waals surface area contributed by atoms with Crippen molar-refractivity contribution in [3.8, 4) is 0 Å². The van der Waals surface area contributed by atoms with Crippen LogP contribution in [0.2, 0.25) is 0 Å². The molecule has 0 unspecified atom stereocenters. The highest BCUT2D eigenvalue weighted by molar-refractivity contribution is 7.92. The fraction of sp³-hybridized carbons (Fsp3) is 0.200. The Kier molecular flexibility index (Phi) is 4.11. The van der Waals surface area contributed by atoms with Gasteiger partial charge in [-0.2, -0.15) is 0 Å². The van der Waals surface area contributed by atoms with Gasteiger partial charge in [0, 0.05) is 13.6 Å². The Labute approximate surface area is 119 Å². The summed E-state index contributed by atoms with van der Waals surface area (Å²) in [6.45, 7) is 2.28. The second-order valence-electron chi connectivity index (χ2n) is 4.61. The van der Waals surface area contributed by atoms with E-state index in [1.165, 1.54) is 4.31 Å². The first kappa shape index (κ1) is 14.6. The Morgan fingerprint density at radius 2 is 1.65 bits per heavy atom. The first-order valence-electron chi connectivity index (χ1n) is 6.30. The van der Waals surface area contributed by atoms with Crippen LogP contribution in [-0.4, -0.2) is 15.5 Å². The molecular formula is C15H18N2O2S. The fourth-order valence-corrected chi connectivity index (χ4v) is 3.26. The molecule has 0 saturated heterocycles. The van der Waals surface area contributed by atoms with Gasteiger partial charge in [0.05, 0.1) is 10.6 Å². The average Bonchev–Trinajstić information content (AvgIpc) is 2.47. The maximum atomic E-state index is 12.6. The second kappa shape index (κ2) is 5.64. The predicted octanol–water partition coefficient (Wildman–Crippen LogP) is 2.28. The van der Waals surface area contributed by atoms with Crippen LogP contribution in [0.3, 0.4) is 0 Å². The van der Waals surface area contributed by atoms with Gasteiger partial charge in [-0.15, -0.1) is 0 Å². The summed E-state index contributed by atoms with van der Waals surface area (Å²) in [4.78, 5) is 0.264. The van der Waals surface area contributed by atoms with E-state index >= 15 is 0 Å². The number of sulfonamides is 1. The smallest absolute Gasteiger partial charge is 0.264 e. The summed E-state index contributed by atoms with van der Waals surface area (Å²) in [7, 11) is -1.98. The molecule has 0 bridgehead atoms. The number of aryl methyl sites for hydroxylation is 1. The minimum absolute atomic E-state index is 0.264. The number of benzene rings is 2. The molecule has 0 atom stereocenters. The molecule has 20 heavy (non-hydrogen) atoms. The third-order valence-corrected chi connectivity index (χ3v) is 5.06. The van der Waals surface area contributed by atoms with Gasteiger partial charge in [-0.25, -0.2) is 8.42 Å². The van der Waals surface area contributed by atoms with E-state index in [0.717, 1.165) is 11.1 Å². The van der Waals surface area contributed by atoms with Crippen molar-refractivity contribution >= 4 is 15.7 Å². The van der Waals surface area contributed by atoms with Crippen LogP contribution in [0.15, 0.2) is 53.4 Å². The molecule has 0 aliphatic heterocycles. The minimum Gasteiger partial charge on any atom is -0.326 e. The number of nitrogens with zero attached hydrogens (tertiary/aromatic N) is 1. The number of hydrogen-bond acceptors (Lipinski definition) is 3. The van der Waals surface area contributed by atoms with Gasteiger partial charge < -0.3 is 5.73 Å². The first-order valence-corrected chi connectivity index (χ1v) is 7.74. The molecule has 2 aromatic carbocycles. The lowest BCUT2D eigenvalue weighted by Crippen LogP contribution is -2.27. The van der Waals surface area contributed by atoms with E-state index < -0.39 is 10.0 Å². The van der Waals surface area contributed by atoms with Crippen molar-refractivity contribution in [2.45, 2.75) is 18.4 Å². The number of para-hydroxylation sites is 1. The molecule has 0 amide bonds. The molecular weight excluding hydrogens is 272 g/mol. The van der Waals surface area contributed by atoms with Crippen molar-refractivity contribution in [3.63, 3.8) is 0 Å². The van der Waals surface area contributed by atoms with Crippen molar-refractivity contribution in [2.24, 2.45) is 5.73 Å². The summed E-state index contributed by atoms with van der Waals surface area (Å²) in [5.41, 5.74) is 8.02. The molecule has 2 aromatic rings. The van der Waals surface area contributed by atoms with E-state index in [1.807, 2.05) is 25.1 Å². The van der Waals surface area contributed by atoms with E-state index in [2.05, 4.69) is 0 Å². The molecule has 0 aliphatic rings. The maximum Gasteiger partial charge on any atom is 0.264 e. The quantitative estimate of drug-likeness (QED) is 0.939. The summed E-state index contributed by atoms with van der Waals surface area (Å²) in [5.74, 6) is 0. The van der Waals surface area contributed by atoms with Gasteiger partial charge in [-0.1, -0.05) is 30.3 Å². The second-order valence-corrected chi connectivity index (χ2v) is 6.58. The van der Waals surface area contributed by atoms with Crippen LogP contribution in [0.4, 0.5) is 5.69 Å². The van der Waals surface area contributed by atoms with Crippen LogP contribution in [0.5, 0.6) is 0 Å². The third kappa shape index (κ3) is 2.69. The van der Waals surface area contributed by atoms with Gasteiger partial charge in [0.15, 0.2) is 0 Å². The zero-order chi connectivity index (χ0) is 14.8. The van der Waals surface area contributed by atoms with Crippen LogP contribution in [0.25, 0.3) is 0 Å². The molecule has 2 N–H and O–H groups in total. The molecule has 0 saturated carbocycles. The highest BCUT2D eigenvalue weighted by atomic mass is 32.2. The van der Waals surface area contributed by atoms with Gasteiger partial charge in [0.25, 0.3) is 10.0 Å². The SMILES string of the molecule is Cc1ccccc1N(C)S(=O)(=O)c1ccc(CN)cc1.